The van der Waals surface area contributed by atoms with Crippen molar-refractivity contribution < 1.29 is 78.3 Å². The molecule has 28 heteroatoms. The highest BCUT2D eigenvalue weighted by Crippen LogP contribution is 2.11. The number of aromatic amines is 1. The van der Waals surface area contributed by atoms with Crippen molar-refractivity contribution in [3.63, 3.8) is 0 Å². The highest BCUT2D eigenvalue weighted by Gasteiger charge is 2.36. The van der Waals surface area contributed by atoms with Crippen molar-refractivity contribution in [2.24, 2.45) is 23.3 Å². The van der Waals surface area contributed by atoms with Crippen LogP contribution in [0.15, 0.2) is 42.9 Å². The second-order valence-corrected chi connectivity index (χ2v) is 18.4. The SMILES string of the molecule is CC(C)CC(NC(=O)C(CC(=O)O)NC(=O)C(CO)NC(=O)C(Cc1cnc[nH]1)NC(=O)C(CCC(=O)O)NC(=O)C(NC(=O)C(N)CCCCN)C(C)C)C(=O)NC(CO)C(=O)NC(Cc1ccccc1)C(=O)O. The summed E-state index contributed by atoms with van der Waals surface area (Å²) in [6.07, 6.45) is 1.02. The average Bonchev–Trinajstić information content (AvgIpc) is 3.87. The molecule has 9 unspecified atom stereocenters. The molecule has 0 saturated heterocycles. The summed E-state index contributed by atoms with van der Waals surface area (Å²) in [5.74, 6) is -13.8. The minimum atomic E-state index is -1.99. The van der Waals surface area contributed by atoms with Crippen LogP contribution in [0.25, 0.3) is 0 Å². The first-order chi connectivity index (χ1) is 35.4. The number of carboxylic acids is 3. The maximum Gasteiger partial charge on any atom is 0.326 e. The lowest BCUT2D eigenvalue weighted by molar-refractivity contribution is -0.142. The zero-order valence-corrected chi connectivity index (χ0v) is 42.2. The molecular formula is C47H72N12O16. The Morgan fingerprint density at radius 3 is 1.59 bits per heavy atom. The van der Waals surface area contributed by atoms with E-state index in [-0.39, 0.29) is 37.3 Å². The number of hydrogen-bond donors (Lipinski definition) is 16. The van der Waals surface area contributed by atoms with E-state index < -0.39 is 158 Å². The zero-order valence-electron chi connectivity index (χ0n) is 42.2. The molecule has 28 nitrogen and oxygen atoms in total. The highest BCUT2D eigenvalue weighted by atomic mass is 16.4. The number of carboxylic acid groups (broad SMARTS) is 3. The van der Waals surface area contributed by atoms with Gasteiger partial charge in [-0.15, -0.1) is 0 Å². The fourth-order valence-electron chi connectivity index (χ4n) is 7.22. The number of nitrogens with two attached hydrogens (primary N) is 2. The molecule has 8 amide bonds. The van der Waals surface area contributed by atoms with Gasteiger partial charge in [0.05, 0.1) is 32.0 Å². The van der Waals surface area contributed by atoms with Gasteiger partial charge in [-0.3, -0.25) is 47.9 Å². The van der Waals surface area contributed by atoms with Gasteiger partial charge in [0.1, 0.15) is 48.3 Å². The van der Waals surface area contributed by atoms with Crippen LogP contribution in [-0.4, -0.2) is 175 Å². The largest absolute Gasteiger partial charge is 0.481 e. The molecule has 0 saturated carbocycles. The number of benzene rings is 1. The summed E-state index contributed by atoms with van der Waals surface area (Å²) in [5.41, 5.74) is 12.3. The minimum absolute atomic E-state index is 0.143. The van der Waals surface area contributed by atoms with Gasteiger partial charge < -0.3 is 84.5 Å². The molecule has 0 spiro atoms. The van der Waals surface area contributed by atoms with Gasteiger partial charge >= 0.3 is 17.9 Å². The summed E-state index contributed by atoms with van der Waals surface area (Å²) in [6, 6.07) is -5.92. The lowest BCUT2D eigenvalue weighted by atomic mass is 10.0. The Bertz CT molecular complexity index is 2230. The number of H-pyrrole nitrogens is 1. The van der Waals surface area contributed by atoms with Gasteiger partial charge in [-0.2, -0.15) is 0 Å². The van der Waals surface area contributed by atoms with Gasteiger partial charge in [-0.1, -0.05) is 64.4 Å². The summed E-state index contributed by atoms with van der Waals surface area (Å²) < 4.78 is 0. The first kappa shape index (κ1) is 63.6. The first-order valence-electron chi connectivity index (χ1n) is 24.2. The zero-order chi connectivity index (χ0) is 56.4. The van der Waals surface area contributed by atoms with Crippen molar-refractivity contribution in [3.8, 4) is 0 Å². The molecule has 2 rings (SSSR count). The Hall–Kier alpha value is -7.56. The van der Waals surface area contributed by atoms with Crippen LogP contribution in [0.5, 0.6) is 0 Å². The standard InChI is InChI=1S/C47H72N12O16/c1-24(2)16-30(41(68)57-35(22-61)45(72)56-33(47(74)75)17-26-10-6-5-7-11-26)53-43(70)32(19-37(64)65)55-44(71)34(21-60)58-42(69)31(18-27-20-50-23-51-27)54-40(67)29(13-14-36(62)63)52-46(73)38(25(3)4)59-39(66)28(49)12-8-9-15-48/h5-7,10-11,20,23-25,28-35,38,60-61H,8-9,12-19,21-22,48-49H2,1-4H3,(H,50,51)(H,52,73)(H,53,70)(H,54,67)(H,55,71)(H,56,72)(H,57,68)(H,58,69)(H,59,66)(H,62,63)(H,64,65)(H,74,75). The Balaban J connectivity index is 2.32. The first-order valence-corrected chi connectivity index (χ1v) is 24.2. The molecule has 416 valence electrons. The molecule has 0 fully saturated rings. The summed E-state index contributed by atoms with van der Waals surface area (Å²) >= 11 is 0. The van der Waals surface area contributed by atoms with E-state index >= 15 is 0 Å². The van der Waals surface area contributed by atoms with Crippen molar-refractivity contribution in [2.45, 2.75) is 140 Å². The molecule has 18 N–H and O–H groups in total. The summed E-state index contributed by atoms with van der Waals surface area (Å²) in [7, 11) is 0. The van der Waals surface area contributed by atoms with Gasteiger partial charge in [-0.25, -0.2) is 9.78 Å². The lowest BCUT2D eigenvalue weighted by Crippen LogP contribution is -2.61. The molecule has 0 aliphatic rings. The van der Waals surface area contributed by atoms with E-state index in [1.807, 2.05) is 0 Å². The van der Waals surface area contributed by atoms with E-state index in [1.165, 1.54) is 12.5 Å². The number of unbranched alkanes of at least 4 members (excludes halogenated alkanes) is 1. The number of amides is 8. The quantitative estimate of drug-likeness (QED) is 0.0290. The second-order valence-electron chi connectivity index (χ2n) is 18.4. The molecule has 1 heterocycles. The number of aliphatic hydroxyl groups is 2. The second kappa shape index (κ2) is 32.6. The molecular weight excluding hydrogens is 989 g/mol. The van der Waals surface area contributed by atoms with Crippen molar-refractivity contribution in [1.29, 1.82) is 0 Å². The number of aromatic nitrogens is 2. The molecule has 0 aliphatic heterocycles. The van der Waals surface area contributed by atoms with Gasteiger partial charge in [0.25, 0.3) is 0 Å². The van der Waals surface area contributed by atoms with E-state index in [0.717, 1.165) is 0 Å². The number of imidazole rings is 1. The summed E-state index contributed by atoms with van der Waals surface area (Å²) in [4.78, 5) is 151. The number of nitrogens with zero attached hydrogens (tertiary/aromatic N) is 1. The monoisotopic (exact) mass is 1060 g/mol. The molecule has 9 atom stereocenters. The third-order valence-corrected chi connectivity index (χ3v) is 11.3. The third-order valence-electron chi connectivity index (χ3n) is 11.3. The summed E-state index contributed by atoms with van der Waals surface area (Å²) in [5, 5.41) is 67.8. The van der Waals surface area contributed by atoms with Crippen molar-refractivity contribution in [1.82, 2.24) is 52.5 Å². The van der Waals surface area contributed by atoms with Crippen molar-refractivity contribution in [3.05, 3.63) is 54.1 Å². The van der Waals surface area contributed by atoms with Crippen LogP contribution in [0.3, 0.4) is 0 Å². The molecule has 2 aromatic rings. The van der Waals surface area contributed by atoms with Crippen LogP contribution in [0, 0.1) is 11.8 Å². The van der Waals surface area contributed by atoms with Crippen molar-refractivity contribution in [2.75, 3.05) is 19.8 Å². The molecule has 0 bridgehead atoms. The van der Waals surface area contributed by atoms with E-state index in [4.69, 9.17) is 11.5 Å². The average molecular weight is 1060 g/mol. The number of hydrogen-bond acceptors (Lipinski definition) is 16. The highest BCUT2D eigenvalue weighted by molar-refractivity contribution is 5.99. The molecule has 75 heavy (non-hydrogen) atoms. The van der Waals surface area contributed by atoms with Gasteiger partial charge in [0, 0.05) is 31.2 Å². The topological polar surface area (TPSA) is 466 Å². The van der Waals surface area contributed by atoms with Gasteiger partial charge in [-0.05, 0) is 49.6 Å². The Morgan fingerprint density at radius 2 is 1.08 bits per heavy atom. The van der Waals surface area contributed by atoms with Gasteiger partial charge in [0.15, 0.2) is 0 Å². The van der Waals surface area contributed by atoms with Crippen LogP contribution in [0.1, 0.15) is 83.9 Å². The third kappa shape index (κ3) is 23.0. The molecule has 1 aromatic heterocycles. The number of nitrogens with one attached hydrogen (secondary N) is 9. The van der Waals surface area contributed by atoms with Crippen LogP contribution in [-0.2, 0) is 65.6 Å². The Labute approximate surface area is 432 Å². The number of aliphatic hydroxyl groups excluding tert-OH is 2. The molecule has 0 aliphatic carbocycles. The van der Waals surface area contributed by atoms with Gasteiger partial charge in [0.2, 0.25) is 47.3 Å². The van der Waals surface area contributed by atoms with Crippen LogP contribution in [0.2, 0.25) is 0 Å². The Morgan fingerprint density at radius 1 is 0.573 bits per heavy atom. The molecule has 1 aromatic carbocycles. The van der Waals surface area contributed by atoms with Crippen molar-refractivity contribution >= 4 is 65.2 Å². The van der Waals surface area contributed by atoms with E-state index in [0.29, 0.717) is 24.9 Å². The predicted octanol–water partition coefficient (Wildman–Crippen LogP) is -4.36. The number of rotatable bonds is 35. The predicted molar refractivity (Wildman–Crippen MR) is 264 cm³/mol. The van der Waals surface area contributed by atoms with E-state index in [2.05, 4.69) is 52.5 Å². The van der Waals surface area contributed by atoms with Crippen LogP contribution >= 0.6 is 0 Å². The minimum Gasteiger partial charge on any atom is -0.481 e. The van der Waals surface area contributed by atoms with Crippen LogP contribution < -0.4 is 54.0 Å². The van der Waals surface area contributed by atoms with E-state index in [1.54, 1.807) is 58.0 Å². The number of aliphatic carboxylic acids is 3. The van der Waals surface area contributed by atoms with Crippen LogP contribution in [0.4, 0.5) is 0 Å². The maximum absolute atomic E-state index is 13.9. The number of carbonyl (C=O) groups excluding carboxylic acids is 8. The Kier molecular flexibility index (Phi) is 27.6. The fraction of sp³-hybridized carbons (Fsp3) is 0.574. The fourth-order valence-corrected chi connectivity index (χ4v) is 7.22. The summed E-state index contributed by atoms with van der Waals surface area (Å²) in [6.45, 7) is 4.70. The lowest BCUT2D eigenvalue weighted by Gasteiger charge is -2.28. The molecule has 0 radical (unpaired) electrons. The van der Waals surface area contributed by atoms with E-state index in [9.17, 15) is 78.3 Å². The maximum atomic E-state index is 13.9. The normalized spacial score (nSPS) is 14.7. The smallest absolute Gasteiger partial charge is 0.326 e. The number of carbonyl (C=O) groups is 11.